The average molecular weight is 286 g/mol. The highest BCUT2D eigenvalue weighted by Gasteiger charge is 2.18. The first-order valence-electron chi connectivity index (χ1n) is 8.37. The van der Waals surface area contributed by atoms with E-state index in [0.29, 0.717) is 0 Å². The van der Waals surface area contributed by atoms with Crippen molar-refractivity contribution in [2.24, 2.45) is 5.92 Å². The van der Waals surface area contributed by atoms with Crippen LogP contribution in [0, 0.1) is 5.92 Å². The van der Waals surface area contributed by atoms with Crippen molar-refractivity contribution >= 4 is 12.0 Å². The number of piperidine rings is 2. The Morgan fingerprint density at radius 3 is 2.24 bits per heavy atom. The number of likely N-dealkylation sites (tertiary alicyclic amines) is 1. The Kier molecular flexibility index (Phi) is 4.91. The van der Waals surface area contributed by atoms with Crippen LogP contribution in [0.4, 0.5) is 5.69 Å². The number of rotatable bonds is 4. The smallest absolute Gasteiger partial charge is 0.123 e. The summed E-state index contributed by atoms with van der Waals surface area (Å²) >= 11 is 0. The Hall–Kier alpha value is -1.35. The molecule has 0 aliphatic carbocycles. The summed E-state index contributed by atoms with van der Waals surface area (Å²) in [6.07, 6.45) is 7.22. The Labute approximate surface area is 127 Å². The van der Waals surface area contributed by atoms with Crippen LogP contribution in [0.3, 0.4) is 0 Å². The SMILES string of the molecule is O=CC1CCN(c2ccc(CN3CCCCC3)cc2)CC1. The molecule has 3 nitrogen and oxygen atoms in total. The van der Waals surface area contributed by atoms with Gasteiger partial charge in [-0.15, -0.1) is 0 Å². The molecule has 1 aromatic carbocycles. The first-order chi connectivity index (χ1) is 10.3. The van der Waals surface area contributed by atoms with Crippen LogP contribution in [0.1, 0.15) is 37.7 Å². The maximum atomic E-state index is 10.8. The fourth-order valence-corrected chi connectivity index (χ4v) is 3.48. The van der Waals surface area contributed by atoms with Gasteiger partial charge in [0.15, 0.2) is 0 Å². The molecule has 2 heterocycles. The fraction of sp³-hybridized carbons (Fsp3) is 0.611. The lowest BCUT2D eigenvalue weighted by atomic mass is 9.98. The van der Waals surface area contributed by atoms with Gasteiger partial charge in [-0.3, -0.25) is 4.90 Å². The molecule has 3 heteroatoms. The van der Waals surface area contributed by atoms with Crippen molar-refractivity contribution in [3.63, 3.8) is 0 Å². The van der Waals surface area contributed by atoms with E-state index in [1.54, 1.807) is 0 Å². The first kappa shape index (κ1) is 14.6. The Balaban J connectivity index is 1.55. The molecule has 2 saturated heterocycles. The number of hydrogen-bond acceptors (Lipinski definition) is 3. The van der Waals surface area contributed by atoms with E-state index in [4.69, 9.17) is 0 Å². The van der Waals surface area contributed by atoms with Gasteiger partial charge in [-0.2, -0.15) is 0 Å². The molecule has 2 aliphatic rings. The van der Waals surface area contributed by atoms with Crippen molar-refractivity contribution in [3.05, 3.63) is 29.8 Å². The summed E-state index contributed by atoms with van der Waals surface area (Å²) in [5, 5.41) is 0. The summed E-state index contributed by atoms with van der Waals surface area (Å²) in [4.78, 5) is 15.8. The van der Waals surface area contributed by atoms with Gasteiger partial charge in [0, 0.05) is 31.2 Å². The zero-order chi connectivity index (χ0) is 14.5. The maximum Gasteiger partial charge on any atom is 0.123 e. The third kappa shape index (κ3) is 3.85. The van der Waals surface area contributed by atoms with Crippen molar-refractivity contribution in [1.29, 1.82) is 0 Å². The second-order valence-corrected chi connectivity index (χ2v) is 6.46. The van der Waals surface area contributed by atoms with Crippen LogP contribution in [-0.2, 0) is 11.3 Å². The maximum absolute atomic E-state index is 10.8. The standard InChI is InChI=1S/C18H26N2O/c21-15-17-8-12-20(13-9-17)18-6-4-16(5-7-18)14-19-10-2-1-3-11-19/h4-7,15,17H,1-3,8-14H2. The van der Waals surface area contributed by atoms with E-state index in [-0.39, 0.29) is 5.92 Å². The molecule has 0 aromatic heterocycles. The summed E-state index contributed by atoms with van der Waals surface area (Å²) in [5.74, 6) is 0.277. The molecule has 0 amide bonds. The lowest BCUT2D eigenvalue weighted by Crippen LogP contribution is -2.34. The molecular formula is C18H26N2O. The van der Waals surface area contributed by atoms with Crippen molar-refractivity contribution in [1.82, 2.24) is 4.90 Å². The van der Waals surface area contributed by atoms with Gasteiger partial charge in [-0.1, -0.05) is 18.6 Å². The summed E-state index contributed by atoms with van der Waals surface area (Å²) in [7, 11) is 0. The fourth-order valence-electron chi connectivity index (χ4n) is 3.48. The highest BCUT2D eigenvalue weighted by atomic mass is 16.1. The lowest BCUT2D eigenvalue weighted by molar-refractivity contribution is -0.111. The number of hydrogen-bond donors (Lipinski definition) is 0. The van der Waals surface area contributed by atoms with Gasteiger partial charge in [-0.25, -0.2) is 0 Å². The van der Waals surface area contributed by atoms with Crippen molar-refractivity contribution < 1.29 is 4.79 Å². The predicted molar refractivity (Wildman–Crippen MR) is 86.6 cm³/mol. The van der Waals surface area contributed by atoms with Crippen LogP contribution >= 0.6 is 0 Å². The lowest BCUT2D eigenvalue weighted by Gasteiger charge is -2.32. The van der Waals surface area contributed by atoms with Gasteiger partial charge >= 0.3 is 0 Å². The highest BCUT2D eigenvalue weighted by molar-refractivity contribution is 5.55. The van der Waals surface area contributed by atoms with E-state index >= 15 is 0 Å². The minimum atomic E-state index is 0.277. The van der Waals surface area contributed by atoms with Gasteiger partial charge < -0.3 is 9.69 Å². The first-order valence-corrected chi connectivity index (χ1v) is 8.37. The van der Waals surface area contributed by atoms with Crippen LogP contribution in [0.5, 0.6) is 0 Å². The molecule has 0 radical (unpaired) electrons. The second kappa shape index (κ2) is 7.08. The van der Waals surface area contributed by atoms with Gasteiger partial charge in [0.1, 0.15) is 6.29 Å². The topological polar surface area (TPSA) is 23.6 Å². The molecule has 114 valence electrons. The van der Waals surface area contributed by atoms with Gasteiger partial charge in [0.05, 0.1) is 0 Å². The van der Waals surface area contributed by atoms with E-state index in [2.05, 4.69) is 34.1 Å². The monoisotopic (exact) mass is 286 g/mol. The number of anilines is 1. The molecule has 0 N–H and O–H groups in total. The number of carbonyl (C=O) groups excluding carboxylic acids is 1. The van der Waals surface area contributed by atoms with Crippen molar-refractivity contribution in [2.75, 3.05) is 31.1 Å². The predicted octanol–water partition coefficient (Wildman–Crippen LogP) is 3.09. The summed E-state index contributed by atoms with van der Waals surface area (Å²) < 4.78 is 0. The molecule has 0 saturated carbocycles. The summed E-state index contributed by atoms with van der Waals surface area (Å²) in [6.45, 7) is 5.61. The number of benzene rings is 1. The van der Waals surface area contributed by atoms with E-state index in [9.17, 15) is 4.79 Å². The highest BCUT2D eigenvalue weighted by Crippen LogP contribution is 2.23. The Bertz CT molecular complexity index is 443. The zero-order valence-electron chi connectivity index (χ0n) is 12.8. The molecule has 3 rings (SSSR count). The number of aldehydes is 1. The molecular weight excluding hydrogens is 260 g/mol. The zero-order valence-corrected chi connectivity index (χ0v) is 12.8. The summed E-state index contributed by atoms with van der Waals surface area (Å²) in [6, 6.07) is 9.05. The van der Waals surface area contributed by atoms with E-state index in [1.807, 2.05) is 0 Å². The van der Waals surface area contributed by atoms with Gasteiger partial charge in [0.2, 0.25) is 0 Å². The Morgan fingerprint density at radius 2 is 1.62 bits per heavy atom. The third-order valence-corrected chi connectivity index (χ3v) is 4.89. The van der Waals surface area contributed by atoms with E-state index < -0.39 is 0 Å². The minimum Gasteiger partial charge on any atom is -0.371 e. The number of nitrogens with zero attached hydrogens (tertiary/aromatic N) is 2. The average Bonchev–Trinajstić information content (AvgIpc) is 2.57. The van der Waals surface area contributed by atoms with Crippen molar-refractivity contribution in [3.8, 4) is 0 Å². The third-order valence-electron chi connectivity index (χ3n) is 4.89. The second-order valence-electron chi connectivity index (χ2n) is 6.46. The quantitative estimate of drug-likeness (QED) is 0.795. The van der Waals surface area contributed by atoms with Crippen LogP contribution in [0.25, 0.3) is 0 Å². The normalized spacial score (nSPS) is 21.4. The molecule has 1 aromatic rings. The molecule has 0 spiro atoms. The van der Waals surface area contributed by atoms with Gasteiger partial charge in [0.25, 0.3) is 0 Å². The van der Waals surface area contributed by atoms with Crippen LogP contribution < -0.4 is 4.90 Å². The molecule has 0 unspecified atom stereocenters. The van der Waals surface area contributed by atoms with Crippen LogP contribution in [0.15, 0.2) is 24.3 Å². The molecule has 2 aliphatic heterocycles. The molecule has 0 atom stereocenters. The van der Waals surface area contributed by atoms with E-state index in [1.165, 1.54) is 43.6 Å². The van der Waals surface area contributed by atoms with E-state index in [0.717, 1.165) is 38.8 Å². The molecule has 2 fully saturated rings. The van der Waals surface area contributed by atoms with Gasteiger partial charge in [-0.05, 0) is 56.5 Å². The van der Waals surface area contributed by atoms with Crippen molar-refractivity contribution in [2.45, 2.75) is 38.6 Å². The molecule has 0 bridgehead atoms. The minimum absolute atomic E-state index is 0.277. The van der Waals surface area contributed by atoms with Crippen LogP contribution in [0.2, 0.25) is 0 Å². The van der Waals surface area contributed by atoms with Crippen LogP contribution in [-0.4, -0.2) is 37.4 Å². The Morgan fingerprint density at radius 1 is 0.952 bits per heavy atom. The summed E-state index contributed by atoms with van der Waals surface area (Å²) in [5.41, 5.74) is 2.73. The largest absolute Gasteiger partial charge is 0.371 e. The number of carbonyl (C=O) groups is 1. The molecule has 21 heavy (non-hydrogen) atoms.